The highest BCUT2D eigenvalue weighted by molar-refractivity contribution is 7.16. The molecule has 0 aromatic carbocycles. The summed E-state index contributed by atoms with van der Waals surface area (Å²) in [6.45, 7) is 3.06. The number of carbonyl (C=O) groups excluding carboxylic acids is 1. The molecule has 0 saturated carbocycles. The van der Waals surface area contributed by atoms with Gasteiger partial charge in [0.25, 0.3) is 0 Å². The number of aromatic nitrogens is 2. The first-order valence-electron chi connectivity index (χ1n) is 6.20. The van der Waals surface area contributed by atoms with Crippen LogP contribution in [0.2, 0.25) is 0 Å². The first kappa shape index (κ1) is 12.3. The molecule has 6 nitrogen and oxygen atoms in total. The number of carbonyl (C=O) groups is 1. The van der Waals surface area contributed by atoms with Crippen molar-refractivity contribution in [3.63, 3.8) is 0 Å². The Balaban J connectivity index is 1.78. The zero-order valence-corrected chi connectivity index (χ0v) is 11.3. The van der Waals surface area contributed by atoms with Crippen LogP contribution in [0.3, 0.4) is 0 Å². The molecule has 3 heterocycles. The van der Waals surface area contributed by atoms with Crippen molar-refractivity contribution >= 4 is 33.3 Å². The van der Waals surface area contributed by atoms with E-state index in [-0.39, 0.29) is 12.5 Å². The average molecular weight is 277 g/mol. The Morgan fingerprint density at radius 1 is 1.32 bits per heavy atom. The molecule has 0 atom stereocenters. The maximum absolute atomic E-state index is 11.5. The summed E-state index contributed by atoms with van der Waals surface area (Å²) in [6.07, 6.45) is 1.60. The van der Waals surface area contributed by atoms with Crippen molar-refractivity contribution < 1.29 is 4.79 Å². The summed E-state index contributed by atoms with van der Waals surface area (Å²) in [4.78, 5) is 25.2. The van der Waals surface area contributed by atoms with E-state index in [2.05, 4.69) is 14.9 Å². The molecule has 0 bridgehead atoms. The van der Waals surface area contributed by atoms with Crippen LogP contribution in [-0.4, -0.2) is 53.5 Å². The standard InChI is InChI=1S/C12H15N5OS/c13-7-10(18)16-2-4-17(5-3-16)11-9-1-6-19-12(9)15-8-14-11/h1,6,8H,2-5,7,13H2. The number of fused-ring (bicyclic) bond motifs is 1. The fourth-order valence-electron chi connectivity index (χ4n) is 2.33. The maximum Gasteiger partial charge on any atom is 0.236 e. The normalized spacial score (nSPS) is 16.1. The van der Waals surface area contributed by atoms with Crippen molar-refractivity contribution in [3.8, 4) is 0 Å². The number of thiophene rings is 1. The fraction of sp³-hybridized carbons (Fsp3) is 0.417. The van der Waals surface area contributed by atoms with E-state index in [1.807, 2.05) is 16.3 Å². The monoisotopic (exact) mass is 277 g/mol. The van der Waals surface area contributed by atoms with E-state index < -0.39 is 0 Å². The minimum Gasteiger partial charge on any atom is -0.352 e. The van der Waals surface area contributed by atoms with Gasteiger partial charge < -0.3 is 15.5 Å². The van der Waals surface area contributed by atoms with Crippen molar-refractivity contribution in [2.24, 2.45) is 5.73 Å². The molecule has 0 spiro atoms. The van der Waals surface area contributed by atoms with Gasteiger partial charge in [-0.05, 0) is 11.4 Å². The quantitative estimate of drug-likeness (QED) is 0.854. The Morgan fingerprint density at radius 2 is 2.11 bits per heavy atom. The van der Waals surface area contributed by atoms with Crippen LogP contribution in [0.25, 0.3) is 10.2 Å². The van der Waals surface area contributed by atoms with E-state index >= 15 is 0 Å². The number of nitrogens with zero attached hydrogens (tertiary/aromatic N) is 4. The summed E-state index contributed by atoms with van der Waals surface area (Å²) in [5.74, 6) is 0.981. The van der Waals surface area contributed by atoms with Crippen LogP contribution in [-0.2, 0) is 4.79 Å². The molecule has 0 unspecified atom stereocenters. The summed E-state index contributed by atoms with van der Waals surface area (Å²) in [5, 5.41) is 3.11. The van der Waals surface area contributed by atoms with E-state index in [1.54, 1.807) is 17.7 Å². The Morgan fingerprint density at radius 3 is 2.84 bits per heavy atom. The van der Waals surface area contributed by atoms with Gasteiger partial charge >= 0.3 is 0 Å². The van der Waals surface area contributed by atoms with Crippen molar-refractivity contribution in [1.82, 2.24) is 14.9 Å². The average Bonchev–Trinajstić information content (AvgIpc) is 2.95. The summed E-state index contributed by atoms with van der Waals surface area (Å²) >= 11 is 1.62. The predicted octanol–water partition coefficient (Wildman–Crippen LogP) is 0.299. The number of piperazine rings is 1. The third-order valence-corrected chi connectivity index (χ3v) is 4.17. The van der Waals surface area contributed by atoms with E-state index in [9.17, 15) is 4.79 Å². The number of hydrogen-bond donors (Lipinski definition) is 1. The molecule has 0 aliphatic carbocycles. The minimum absolute atomic E-state index is 0.0167. The topological polar surface area (TPSA) is 75.4 Å². The van der Waals surface area contributed by atoms with Gasteiger partial charge in [-0.25, -0.2) is 9.97 Å². The van der Waals surface area contributed by atoms with E-state index in [1.165, 1.54) is 0 Å². The van der Waals surface area contributed by atoms with Crippen molar-refractivity contribution in [2.75, 3.05) is 37.6 Å². The van der Waals surface area contributed by atoms with Gasteiger partial charge in [0.2, 0.25) is 5.91 Å². The lowest BCUT2D eigenvalue weighted by Gasteiger charge is -2.35. The third kappa shape index (κ3) is 2.26. The largest absolute Gasteiger partial charge is 0.352 e. The van der Waals surface area contributed by atoms with E-state index in [4.69, 9.17) is 5.73 Å². The molecule has 1 saturated heterocycles. The molecule has 2 aromatic heterocycles. The molecule has 1 amide bonds. The fourth-order valence-corrected chi connectivity index (χ4v) is 3.05. The highest BCUT2D eigenvalue weighted by Crippen LogP contribution is 2.27. The summed E-state index contributed by atoms with van der Waals surface area (Å²) in [7, 11) is 0. The molecule has 1 aliphatic heterocycles. The molecule has 3 rings (SSSR count). The minimum atomic E-state index is 0.0167. The van der Waals surface area contributed by atoms with E-state index in [0.717, 1.165) is 29.1 Å². The Bertz CT molecular complexity index is 591. The molecule has 7 heteroatoms. The lowest BCUT2D eigenvalue weighted by molar-refractivity contribution is -0.129. The third-order valence-electron chi connectivity index (χ3n) is 3.35. The molecule has 2 N–H and O–H groups in total. The molecule has 2 aromatic rings. The maximum atomic E-state index is 11.5. The van der Waals surface area contributed by atoms with Crippen molar-refractivity contribution in [1.29, 1.82) is 0 Å². The van der Waals surface area contributed by atoms with Gasteiger partial charge in [-0.2, -0.15) is 0 Å². The number of hydrogen-bond acceptors (Lipinski definition) is 6. The first-order valence-corrected chi connectivity index (χ1v) is 7.08. The van der Waals surface area contributed by atoms with Crippen molar-refractivity contribution in [2.45, 2.75) is 0 Å². The van der Waals surface area contributed by atoms with Gasteiger partial charge in [-0.3, -0.25) is 4.79 Å². The summed E-state index contributed by atoms with van der Waals surface area (Å²) < 4.78 is 0. The van der Waals surface area contributed by atoms with Gasteiger partial charge in [0.05, 0.1) is 11.9 Å². The second-order valence-electron chi connectivity index (χ2n) is 4.41. The van der Waals surface area contributed by atoms with Crippen molar-refractivity contribution in [3.05, 3.63) is 17.8 Å². The van der Waals surface area contributed by atoms with Gasteiger partial charge in [-0.15, -0.1) is 11.3 Å². The van der Waals surface area contributed by atoms with Gasteiger partial charge in [-0.1, -0.05) is 0 Å². The number of nitrogens with two attached hydrogens (primary N) is 1. The Labute approximate surface area is 114 Å². The molecule has 100 valence electrons. The van der Waals surface area contributed by atoms with Crippen LogP contribution in [0.15, 0.2) is 17.8 Å². The number of anilines is 1. The lowest BCUT2D eigenvalue weighted by atomic mass is 10.2. The van der Waals surface area contributed by atoms with Crippen LogP contribution < -0.4 is 10.6 Å². The van der Waals surface area contributed by atoms with Crippen LogP contribution in [0, 0.1) is 0 Å². The Hall–Kier alpha value is -1.73. The van der Waals surface area contributed by atoms with Crippen LogP contribution in [0.5, 0.6) is 0 Å². The SMILES string of the molecule is NCC(=O)N1CCN(c2ncnc3sccc23)CC1. The second-order valence-corrected chi connectivity index (χ2v) is 5.30. The van der Waals surface area contributed by atoms with Crippen LogP contribution in [0.1, 0.15) is 0 Å². The Kier molecular flexibility index (Phi) is 3.31. The molecular formula is C12H15N5OS. The van der Waals surface area contributed by atoms with Gasteiger partial charge in [0.15, 0.2) is 0 Å². The highest BCUT2D eigenvalue weighted by atomic mass is 32.1. The molecule has 1 fully saturated rings. The van der Waals surface area contributed by atoms with Gasteiger partial charge in [0, 0.05) is 26.2 Å². The number of rotatable bonds is 2. The summed E-state index contributed by atoms with van der Waals surface area (Å²) in [5.41, 5.74) is 5.39. The molecule has 1 aliphatic rings. The van der Waals surface area contributed by atoms with E-state index in [0.29, 0.717) is 13.1 Å². The smallest absolute Gasteiger partial charge is 0.236 e. The number of amides is 1. The lowest BCUT2D eigenvalue weighted by Crippen LogP contribution is -2.50. The zero-order chi connectivity index (χ0) is 13.2. The molecular weight excluding hydrogens is 262 g/mol. The highest BCUT2D eigenvalue weighted by Gasteiger charge is 2.22. The molecule has 19 heavy (non-hydrogen) atoms. The zero-order valence-electron chi connectivity index (χ0n) is 10.5. The van der Waals surface area contributed by atoms with Gasteiger partial charge in [0.1, 0.15) is 17.0 Å². The first-order chi connectivity index (χ1) is 9.29. The van der Waals surface area contributed by atoms with Crippen LogP contribution in [0.4, 0.5) is 5.82 Å². The van der Waals surface area contributed by atoms with Crippen LogP contribution >= 0.6 is 11.3 Å². The molecule has 0 radical (unpaired) electrons. The summed E-state index contributed by atoms with van der Waals surface area (Å²) in [6, 6.07) is 2.05. The second kappa shape index (κ2) is 5.10. The predicted molar refractivity (Wildman–Crippen MR) is 75.3 cm³/mol.